The van der Waals surface area contributed by atoms with Crippen molar-refractivity contribution >= 4 is 59.3 Å². The Kier molecular flexibility index (Phi) is 2.34. The number of H-pyrrole nitrogens is 1. The molecule has 4 rings (SSSR count). The van der Waals surface area contributed by atoms with Gasteiger partial charge in [-0.15, -0.1) is 11.3 Å². The zero-order valence-electron chi connectivity index (χ0n) is 10.0. The average molecular weight is 333 g/mol. The summed E-state index contributed by atoms with van der Waals surface area (Å²) in [7, 11) is 1.68. The van der Waals surface area contributed by atoms with E-state index >= 15 is 0 Å². The van der Waals surface area contributed by atoms with Crippen molar-refractivity contribution in [3.63, 3.8) is 0 Å². The lowest BCUT2D eigenvalue weighted by Gasteiger charge is -2.03. The fourth-order valence-corrected chi connectivity index (χ4v) is 3.89. The Labute approximate surface area is 121 Å². The van der Waals surface area contributed by atoms with Crippen molar-refractivity contribution in [1.29, 1.82) is 0 Å². The van der Waals surface area contributed by atoms with Crippen LogP contribution in [0.4, 0.5) is 0 Å². The third-order valence-electron chi connectivity index (χ3n) is 3.36. The second kappa shape index (κ2) is 3.95. The number of benzene rings is 2. The van der Waals surface area contributed by atoms with E-state index in [4.69, 9.17) is 4.74 Å². The fraction of sp³-hybridized carbons (Fsp3) is 0.0714. The van der Waals surface area contributed by atoms with E-state index in [0.717, 1.165) is 32.2 Å². The predicted octanol–water partition coefficient (Wildman–Crippen LogP) is 4.70. The van der Waals surface area contributed by atoms with Gasteiger partial charge in [-0.25, -0.2) is 4.98 Å². The van der Waals surface area contributed by atoms with Crippen molar-refractivity contribution in [2.24, 2.45) is 0 Å². The molecule has 0 unspecified atom stereocenters. The van der Waals surface area contributed by atoms with Gasteiger partial charge in [-0.05, 0) is 34.1 Å². The molecule has 5 heteroatoms. The molecule has 0 radical (unpaired) electrons. The van der Waals surface area contributed by atoms with Gasteiger partial charge in [0.15, 0.2) is 0 Å². The first-order valence-electron chi connectivity index (χ1n) is 5.79. The van der Waals surface area contributed by atoms with E-state index < -0.39 is 0 Å². The summed E-state index contributed by atoms with van der Waals surface area (Å²) in [5.41, 5.74) is 5.08. The fourth-order valence-electron chi connectivity index (χ4n) is 2.48. The maximum absolute atomic E-state index is 5.37. The molecule has 0 saturated carbocycles. The number of aromatic amines is 1. The number of rotatable bonds is 1. The van der Waals surface area contributed by atoms with Crippen LogP contribution in [-0.2, 0) is 0 Å². The number of halogens is 1. The quantitative estimate of drug-likeness (QED) is 0.548. The molecule has 0 aliphatic carbocycles. The molecular formula is C14H9BrN2OS. The molecule has 0 spiro atoms. The molecule has 4 aromatic rings. The predicted molar refractivity (Wildman–Crippen MR) is 83.2 cm³/mol. The number of hydrogen-bond donors (Lipinski definition) is 1. The van der Waals surface area contributed by atoms with Crippen LogP contribution in [0, 0.1) is 0 Å². The Morgan fingerprint density at radius 1 is 1.26 bits per heavy atom. The molecule has 94 valence electrons. The lowest BCUT2D eigenvalue weighted by atomic mass is 10.1. The zero-order valence-corrected chi connectivity index (χ0v) is 12.4. The van der Waals surface area contributed by atoms with Crippen molar-refractivity contribution in [3.05, 3.63) is 34.2 Å². The lowest BCUT2D eigenvalue weighted by molar-refractivity contribution is 0.413. The van der Waals surface area contributed by atoms with E-state index in [1.165, 1.54) is 10.1 Å². The molecule has 0 aliphatic heterocycles. The van der Waals surface area contributed by atoms with Gasteiger partial charge in [-0.2, -0.15) is 0 Å². The van der Waals surface area contributed by atoms with Gasteiger partial charge in [0.05, 0.1) is 27.3 Å². The van der Waals surface area contributed by atoms with Crippen molar-refractivity contribution in [3.8, 4) is 5.75 Å². The molecule has 19 heavy (non-hydrogen) atoms. The van der Waals surface area contributed by atoms with Crippen LogP contribution < -0.4 is 4.74 Å². The summed E-state index contributed by atoms with van der Waals surface area (Å²) in [6, 6.07) is 8.25. The van der Waals surface area contributed by atoms with E-state index in [1.807, 2.05) is 17.6 Å². The highest BCUT2D eigenvalue weighted by Crippen LogP contribution is 2.39. The summed E-state index contributed by atoms with van der Waals surface area (Å²) in [4.78, 5) is 7.91. The van der Waals surface area contributed by atoms with Crippen molar-refractivity contribution < 1.29 is 4.74 Å². The van der Waals surface area contributed by atoms with E-state index in [-0.39, 0.29) is 0 Å². The third-order valence-corrected chi connectivity index (χ3v) is 4.94. The van der Waals surface area contributed by atoms with Crippen molar-refractivity contribution in [2.75, 3.05) is 7.11 Å². The highest BCUT2D eigenvalue weighted by Gasteiger charge is 2.14. The second-order valence-electron chi connectivity index (χ2n) is 4.32. The van der Waals surface area contributed by atoms with Gasteiger partial charge < -0.3 is 9.72 Å². The first kappa shape index (κ1) is 11.3. The zero-order chi connectivity index (χ0) is 13.0. The van der Waals surface area contributed by atoms with Gasteiger partial charge in [0.1, 0.15) is 11.3 Å². The molecule has 0 fully saturated rings. The van der Waals surface area contributed by atoms with Crippen LogP contribution in [0.5, 0.6) is 5.75 Å². The summed E-state index contributed by atoms with van der Waals surface area (Å²) in [6.07, 6.45) is 0. The van der Waals surface area contributed by atoms with Crippen LogP contribution in [-0.4, -0.2) is 17.1 Å². The highest BCUT2D eigenvalue weighted by molar-refractivity contribution is 9.10. The standard InChI is InChI=1S/C14H9BrN2OS/c1-18-9-4-3-8-11(12(9)15)7-2-5-10-14(13(7)17-8)16-6-19-10/h2-6,17H,1H3. The summed E-state index contributed by atoms with van der Waals surface area (Å²) >= 11 is 5.29. The first-order chi connectivity index (χ1) is 9.29. The average Bonchev–Trinajstić information content (AvgIpc) is 3.02. The maximum atomic E-state index is 5.37. The van der Waals surface area contributed by atoms with E-state index in [1.54, 1.807) is 18.4 Å². The van der Waals surface area contributed by atoms with Gasteiger partial charge in [-0.1, -0.05) is 6.07 Å². The first-order valence-corrected chi connectivity index (χ1v) is 7.47. The Bertz CT molecular complexity index is 925. The van der Waals surface area contributed by atoms with Gasteiger partial charge in [0.2, 0.25) is 0 Å². The minimum atomic E-state index is 0.840. The molecule has 0 atom stereocenters. The van der Waals surface area contributed by atoms with Gasteiger partial charge >= 0.3 is 0 Å². The Balaban J connectivity index is 2.27. The Morgan fingerprint density at radius 3 is 3.00 bits per heavy atom. The topological polar surface area (TPSA) is 37.9 Å². The van der Waals surface area contributed by atoms with E-state index in [2.05, 4.69) is 38.0 Å². The van der Waals surface area contributed by atoms with Gasteiger partial charge in [0.25, 0.3) is 0 Å². The highest BCUT2D eigenvalue weighted by atomic mass is 79.9. The van der Waals surface area contributed by atoms with Crippen LogP contribution in [0.1, 0.15) is 0 Å². The molecule has 0 saturated heterocycles. The molecule has 2 aromatic carbocycles. The number of aromatic nitrogens is 2. The molecule has 1 N–H and O–H groups in total. The maximum Gasteiger partial charge on any atom is 0.133 e. The minimum absolute atomic E-state index is 0.840. The van der Waals surface area contributed by atoms with Crippen LogP contribution >= 0.6 is 27.3 Å². The number of nitrogens with one attached hydrogen (secondary N) is 1. The molecule has 3 nitrogen and oxygen atoms in total. The van der Waals surface area contributed by atoms with Crippen LogP contribution in [0.25, 0.3) is 32.0 Å². The van der Waals surface area contributed by atoms with Crippen LogP contribution in [0.15, 0.2) is 34.2 Å². The van der Waals surface area contributed by atoms with E-state index in [0.29, 0.717) is 0 Å². The van der Waals surface area contributed by atoms with E-state index in [9.17, 15) is 0 Å². The molecule has 0 aliphatic rings. The molecular weight excluding hydrogens is 324 g/mol. The Hall–Kier alpha value is -1.59. The summed E-state index contributed by atoms with van der Waals surface area (Å²) < 4.78 is 7.55. The van der Waals surface area contributed by atoms with Crippen LogP contribution in [0.2, 0.25) is 0 Å². The molecule has 2 heterocycles. The van der Waals surface area contributed by atoms with Crippen molar-refractivity contribution in [2.45, 2.75) is 0 Å². The Morgan fingerprint density at radius 2 is 2.16 bits per heavy atom. The number of thiazole rings is 1. The molecule has 2 aromatic heterocycles. The number of fused-ring (bicyclic) bond motifs is 5. The summed E-state index contributed by atoms with van der Waals surface area (Å²) in [5, 5.41) is 2.31. The number of methoxy groups -OCH3 is 1. The minimum Gasteiger partial charge on any atom is -0.496 e. The second-order valence-corrected chi connectivity index (χ2v) is 6.00. The summed E-state index contributed by atoms with van der Waals surface area (Å²) in [5.74, 6) is 0.840. The van der Waals surface area contributed by atoms with Gasteiger partial charge in [-0.3, -0.25) is 0 Å². The SMILES string of the molecule is COc1ccc2[nH]c3c(ccc4scnc43)c2c1Br. The smallest absolute Gasteiger partial charge is 0.133 e. The van der Waals surface area contributed by atoms with Gasteiger partial charge in [0, 0.05) is 16.3 Å². The lowest BCUT2D eigenvalue weighted by Crippen LogP contribution is -1.84. The molecule has 0 amide bonds. The number of nitrogens with zero attached hydrogens (tertiary/aromatic N) is 1. The monoisotopic (exact) mass is 332 g/mol. The van der Waals surface area contributed by atoms with Crippen molar-refractivity contribution in [1.82, 2.24) is 9.97 Å². The molecule has 0 bridgehead atoms. The largest absolute Gasteiger partial charge is 0.496 e. The van der Waals surface area contributed by atoms with Crippen LogP contribution in [0.3, 0.4) is 0 Å². The summed E-state index contributed by atoms with van der Waals surface area (Å²) in [6.45, 7) is 0. The third kappa shape index (κ3) is 1.45. The number of ether oxygens (including phenoxy) is 1. The number of hydrogen-bond acceptors (Lipinski definition) is 3. The normalized spacial score (nSPS) is 11.7.